The minimum absolute atomic E-state index is 0.0860. The van der Waals surface area contributed by atoms with Gasteiger partial charge in [-0.25, -0.2) is 4.98 Å². The minimum atomic E-state index is -5.77. The number of aromatic nitrogens is 4. The van der Waals surface area contributed by atoms with Gasteiger partial charge in [0.2, 0.25) is 0 Å². The highest BCUT2D eigenvalue weighted by atomic mass is 19.4. The van der Waals surface area contributed by atoms with Crippen LogP contribution in [-0.2, 0) is 5.92 Å². The van der Waals surface area contributed by atoms with Crippen LogP contribution in [0, 0.1) is 0 Å². The van der Waals surface area contributed by atoms with Gasteiger partial charge in [0.15, 0.2) is 0 Å². The van der Waals surface area contributed by atoms with Crippen LogP contribution in [0.4, 0.5) is 22.0 Å². The fraction of sp³-hybridized carbons (Fsp3) is 0.214. The molecule has 0 spiro atoms. The number of methoxy groups -OCH3 is 1. The lowest BCUT2D eigenvalue weighted by Gasteiger charge is -2.20. The summed E-state index contributed by atoms with van der Waals surface area (Å²) in [6, 6.07) is 6.70. The maximum atomic E-state index is 13.8. The average molecular weight is 344 g/mol. The Balaban J connectivity index is 2.21. The quantitative estimate of drug-likeness (QED) is 0.683. The fourth-order valence-corrected chi connectivity index (χ4v) is 2.09. The molecule has 3 rings (SSSR count). The number of fused-ring (bicyclic) bond motifs is 1. The van der Waals surface area contributed by atoms with E-state index < -0.39 is 17.8 Å². The predicted octanol–water partition coefficient (Wildman–Crippen LogP) is 3.45. The standard InChI is InChI=1S/C14H9F5N4O/c1-24-9-4-2-8(3-5-9)10-6-11(13(15,16)14(17,18)19)23-12(22-10)20-7-21-23/h2-7H,1H3. The largest absolute Gasteiger partial charge is 0.497 e. The van der Waals surface area contributed by atoms with Gasteiger partial charge in [0.1, 0.15) is 17.8 Å². The molecule has 5 nitrogen and oxygen atoms in total. The van der Waals surface area contributed by atoms with Crippen LogP contribution in [0.3, 0.4) is 0 Å². The number of hydrogen-bond acceptors (Lipinski definition) is 4. The Bertz CT molecular complexity index is 873. The number of nitrogens with zero attached hydrogens (tertiary/aromatic N) is 4. The van der Waals surface area contributed by atoms with Gasteiger partial charge in [0, 0.05) is 5.56 Å². The summed E-state index contributed by atoms with van der Waals surface area (Å²) in [4.78, 5) is 7.58. The molecule has 0 radical (unpaired) electrons. The Hall–Kier alpha value is -2.78. The Kier molecular flexibility index (Phi) is 3.61. The summed E-state index contributed by atoms with van der Waals surface area (Å²) in [5.74, 6) is -4.96. The summed E-state index contributed by atoms with van der Waals surface area (Å²) in [6.45, 7) is 0. The van der Waals surface area contributed by atoms with Gasteiger partial charge in [0.05, 0.1) is 12.8 Å². The van der Waals surface area contributed by atoms with Gasteiger partial charge in [-0.2, -0.15) is 36.6 Å². The van der Waals surface area contributed by atoms with Gasteiger partial charge in [0.25, 0.3) is 5.78 Å². The maximum absolute atomic E-state index is 13.8. The minimum Gasteiger partial charge on any atom is -0.497 e. The second kappa shape index (κ2) is 5.39. The van der Waals surface area contributed by atoms with Crippen LogP contribution in [-0.4, -0.2) is 32.9 Å². The van der Waals surface area contributed by atoms with Crippen molar-refractivity contribution >= 4 is 5.78 Å². The van der Waals surface area contributed by atoms with E-state index in [-0.39, 0.29) is 11.5 Å². The smallest absolute Gasteiger partial charge is 0.459 e. The van der Waals surface area contributed by atoms with E-state index in [0.29, 0.717) is 21.9 Å². The van der Waals surface area contributed by atoms with Crippen LogP contribution in [0.2, 0.25) is 0 Å². The fourth-order valence-electron chi connectivity index (χ4n) is 2.09. The number of alkyl halides is 5. The van der Waals surface area contributed by atoms with E-state index in [2.05, 4.69) is 15.1 Å². The monoisotopic (exact) mass is 344 g/mol. The molecular weight excluding hydrogens is 335 g/mol. The van der Waals surface area contributed by atoms with Crippen molar-refractivity contribution in [3.63, 3.8) is 0 Å². The number of benzene rings is 1. The molecule has 126 valence electrons. The van der Waals surface area contributed by atoms with Crippen molar-refractivity contribution in [3.8, 4) is 17.0 Å². The summed E-state index contributed by atoms with van der Waals surface area (Å²) in [7, 11) is 1.44. The Morgan fingerprint density at radius 2 is 1.71 bits per heavy atom. The molecule has 0 fully saturated rings. The molecule has 0 amide bonds. The van der Waals surface area contributed by atoms with Crippen molar-refractivity contribution in [3.05, 3.63) is 42.4 Å². The highest BCUT2D eigenvalue weighted by molar-refractivity contribution is 5.62. The van der Waals surface area contributed by atoms with Crippen molar-refractivity contribution in [2.45, 2.75) is 12.1 Å². The van der Waals surface area contributed by atoms with Crippen molar-refractivity contribution in [2.75, 3.05) is 7.11 Å². The van der Waals surface area contributed by atoms with E-state index in [4.69, 9.17) is 4.74 Å². The average Bonchev–Trinajstić information content (AvgIpc) is 3.01. The van der Waals surface area contributed by atoms with Gasteiger partial charge in [-0.05, 0) is 30.3 Å². The number of ether oxygens (including phenoxy) is 1. The first-order chi connectivity index (χ1) is 11.2. The van der Waals surface area contributed by atoms with Crippen LogP contribution < -0.4 is 4.74 Å². The molecule has 0 aliphatic heterocycles. The first-order valence-corrected chi connectivity index (χ1v) is 6.54. The van der Waals surface area contributed by atoms with Crippen LogP contribution in [0.25, 0.3) is 17.0 Å². The van der Waals surface area contributed by atoms with Gasteiger partial charge in [-0.3, -0.25) is 0 Å². The van der Waals surface area contributed by atoms with Crippen LogP contribution in [0.1, 0.15) is 5.69 Å². The van der Waals surface area contributed by atoms with Crippen molar-refractivity contribution in [2.24, 2.45) is 0 Å². The van der Waals surface area contributed by atoms with Crippen molar-refractivity contribution in [1.29, 1.82) is 0 Å². The molecule has 0 atom stereocenters. The van der Waals surface area contributed by atoms with Crippen LogP contribution in [0.15, 0.2) is 36.7 Å². The third-order valence-electron chi connectivity index (χ3n) is 3.32. The molecule has 0 bridgehead atoms. The molecule has 0 N–H and O–H groups in total. The second-order valence-corrected chi connectivity index (χ2v) is 4.80. The normalized spacial score (nSPS) is 12.6. The zero-order chi connectivity index (χ0) is 17.5. The van der Waals surface area contributed by atoms with Crippen molar-refractivity contribution in [1.82, 2.24) is 19.6 Å². The zero-order valence-corrected chi connectivity index (χ0v) is 12.1. The lowest BCUT2D eigenvalue weighted by Crippen LogP contribution is -2.35. The molecule has 0 saturated carbocycles. The molecule has 10 heteroatoms. The molecule has 0 aliphatic carbocycles. The Labute approximate surface area is 131 Å². The van der Waals surface area contributed by atoms with E-state index in [1.165, 1.54) is 31.4 Å². The Morgan fingerprint density at radius 3 is 2.29 bits per heavy atom. The SMILES string of the molecule is COc1ccc(-c2cc(C(F)(F)C(F)(F)F)n3ncnc3n2)cc1. The molecule has 3 aromatic rings. The van der Waals surface area contributed by atoms with Gasteiger partial charge in [-0.1, -0.05) is 0 Å². The lowest BCUT2D eigenvalue weighted by molar-refractivity contribution is -0.291. The maximum Gasteiger partial charge on any atom is 0.459 e. The first kappa shape index (κ1) is 16.1. The summed E-state index contributed by atoms with van der Waals surface area (Å²) in [5, 5.41) is 3.40. The highest BCUT2D eigenvalue weighted by Crippen LogP contribution is 2.44. The Morgan fingerprint density at radius 1 is 1.04 bits per heavy atom. The van der Waals surface area contributed by atoms with Crippen LogP contribution >= 0.6 is 0 Å². The van der Waals surface area contributed by atoms with Gasteiger partial charge < -0.3 is 4.74 Å². The summed E-state index contributed by atoms with van der Waals surface area (Å²) in [6.07, 6.45) is -4.92. The molecule has 24 heavy (non-hydrogen) atoms. The van der Waals surface area contributed by atoms with E-state index in [1.807, 2.05) is 0 Å². The van der Waals surface area contributed by atoms with E-state index in [1.54, 1.807) is 0 Å². The van der Waals surface area contributed by atoms with E-state index >= 15 is 0 Å². The van der Waals surface area contributed by atoms with Gasteiger partial charge >= 0.3 is 12.1 Å². The number of halogens is 5. The second-order valence-electron chi connectivity index (χ2n) is 4.80. The summed E-state index contributed by atoms with van der Waals surface area (Å²) >= 11 is 0. The summed E-state index contributed by atoms with van der Waals surface area (Å²) in [5.41, 5.74) is -1.11. The van der Waals surface area contributed by atoms with Gasteiger partial charge in [-0.15, -0.1) is 0 Å². The lowest BCUT2D eigenvalue weighted by atomic mass is 10.1. The van der Waals surface area contributed by atoms with E-state index in [0.717, 1.165) is 6.33 Å². The van der Waals surface area contributed by atoms with E-state index in [9.17, 15) is 22.0 Å². The molecule has 0 unspecified atom stereocenters. The zero-order valence-electron chi connectivity index (χ0n) is 12.1. The highest BCUT2D eigenvalue weighted by Gasteiger charge is 2.60. The first-order valence-electron chi connectivity index (χ1n) is 6.54. The number of rotatable bonds is 3. The molecule has 1 aromatic carbocycles. The third-order valence-corrected chi connectivity index (χ3v) is 3.32. The number of hydrogen-bond donors (Lipinski definition) is 0. The molecule has 0 aliphatic rings. The molecule has 2 heterocycles. The molecule has 0 saturated heterocycles. The van der Waals surface area contributed by atoms with Crippen molar-refractivity contribution < 1.29 is 26.7 Å². The molecular formula is C14H9F5N4O. The summed E-state index contributed by atoms with van der Waals surface area (Å²) < 4.78 is 71.2. The topological polar surface area (TPSA) is 52.3 Å². The molecule has 2 aromatic heterocycles. The van der Waals surface area contributed by atoms with Crippen LogP contribution in [0.5, 0.6) is 5.75 Å². The third kappa shape index (κ3) is 2.53. The predicted molar refractivity (Wildman–Crippen MR) is 72.7 cm³/mol.